The first-order chi connectivity index (χ1) is 6.85. The fourth-order valence-corrected chi connectivity index (χ4v) is 5.54. The van der Waals surface area contributed by atoms with Crippen molar-refractivity contribution < 1.29 is 0 Å². The molecule has 2 fully saturated rings. The Morgan fingerprint density at radius 3 is 2.57 bits per heavy atom. The van der Waals surface area contributed by atoms with Crippen molar-refractivity contribution in [1.82, 2.24) is 0 Å². The first-order valence-electron chi connectivity index (χ1n) is 6.27. The summed E-state index contributed by atoms with van der Waals surface area (Å²) in [7, 11) is 1.28. The molecule has 1 heteroatoms. The molecule has 14 heavy (non-hydrogen) atoms. The van der Waals surface area contributed by atoms with E-state index in [9.17, 15) is 0 Å². The topological polar surface area (TPSA) is 0 Å². The Bertz CT molecular complexity index is 197. The highest BCUT2D eigenvalue weighted by Crippen LogP contribution is 2.56. The average molecular weight is 210 g/mol. The molecule has 0 nitrogen and oxygen atoms in total. The number of allylic oxidation sites excluding steroid dienone is 2. The zero-order valence-corrected chi connectivity index (χ0v) is 10.4. The maximum Gasteiger partial charge on any atom is -0.00850 e. The van der Waals surface area contributed by atoms with Gasteiger partial charge in [-0.05, 0) is 49.3 Å². The van der Waals surface area contributed by atoms with Crippen LogP contribution < -0.4 is 0 Å². The molecule has 2 rings (SSSR count). The van der Waals surface area contributed by atoms with Crippen LogP contribution in [-0.4, -0.2) is 10.8 Å². The average Bonchev–Trinajstić information content (AvgIpc) is 2.18. The van der Waals surface area contributed by atoms with E-state index in [0.717, 1.165) is 10.8 Å². The molecule has 0 N–H and O–H groups in total. The third-order valence-electron chi connectivity index (χ3n) is 3.84. The van der Waals surface area contributed by atoms with Gasteiger partial charge in [-0.3, -0.25) is 0 Å². The van der Waals surface area contributed by atoms with E-state index in [2.05, 4.69) is 19.1 Å². The fourth-order valence-electron chi connectivity index (χ4n) is 3.10. The maximum absolute atomic E-state index is 2.46. The van der Waals surface area contributed by atoms with Gasteiger partial charge in [-0.2, -0.15) is 0 Å². The minimum absolute atomic E-state index is 0.771. The Balaban J connectivity index is 1.94. The standard InChI is InChI=1S/C13H23P/c1-2-3-4-9-13-10-5-7-12(14-13)8-6-11-13/h3-4,12,14H,2,5-11H2,1H3. The second-order valence-electron chi connectivity index (χ2n) is 4.99. The quantitative estimate of drug-likeness (QED) is 0.475. The molecule has 0 aromatic rings. The molecule has 0 amide bonds. The van der Waals surface area contributed by atoms with Gasteiger partial charge >= 0.3 is 0 Å². The molecule has 1 atom stereocenters. The summed E-state index contributed by atoms with van der Waals surface area (Å²) in [5.41, 5.74) is 1.12. The zero-order valence-electron chi connectivity index (χ0n) is 9.39. The highest BCUT2D eigenvalue weighted by molar-refractivity contribution is 7.41. The molecule has 1 unspecified atom stereocenters. The second-order valence-corrected chi connectivity index (χ2v) is 7.16. The lowest BCUT2D eigenvalue weighted by Gasteiger charge is -2.45. The van der Waals surface area contributed by atoms with Crippen molar-refractivity contribution in [3.05, 3.63) is 12.2 Å². The Morgan fingerprint density at radius 2 is 1.93 bits per heavy atom. The van der Waals surface area contributed by atoms with Crippen LogP contribution in [-0.2, 0) is 0 Å². The van der Waals surface area contributed by atoms with Gasteiger partial charge in [0.15, 0.2) is 0 Å². The number of hydrogen-bond donors (Lipinski definition) is 0. The van der Waals surface area contributed by atoms with Gasteiger partial charge < -0.3 is 0 Å². The third kappa shape index (κ3) is 2.40. The molecule has 0 aliphatic carbocycles. The van der Waals surface area contributed by atoms with Gasteiger partial charge in [-0.25, -0.2) is 0 Å². The van der Waals surface area contributed by atoms with E-state index in [1.54, 1.807) is 0 Å². The summed E-state index contributed by atoms with van der Waals surface area (Å²) < 4.78 is 0. The Labute approximate surface area is 90.3 Å². The molecular weight excluding hydrogens is 187 g/mol. The lowest BCUT2D eigenvalue weighted by atomic mass is 9.86. The van der Waals surface area contributed by atoms with Gasteiger partial charge in [-0.15, -0.1) is 8.58 Å². The van der Waals surface area contributed by atoms with Gasteiger partial charge in [0, 0.05) is 0 Å². The minimum atomic E-state index is 0.771. The van der Waals surface area contributed by atoms with Crippen molar-refractivity contribution in [1.29, 1.82) is 0 Å². The van der Waals surface area contributed by atoms with E-state index in [0.29, 0.717) is 0 Å². The van der Waals surface area contributed by atoms with E-state index < -0.39 is 0 Å². The predicted octanol–water partition coefficient (Wildman–Crippen LogP) is 4.50. The predicted molar refractivity (Wildman–Crippen MR) is 66.6 cm³/mol. The molecule has 80 valence electrons. The summed E-state index contributed by atoms with van der Waals surface area (Å²) >= 11 is 0. The molecule has 0 aromatic carbocycles. The number of hydrogen-bond acceptors (Lipinski definition) is 0. The first kappa shape index (κ1) is 10.7. The summed E-state index contributed by atoms with van der Waals surface area (Å²) in [5.74, 6) is 0. The van der Waals surface area contributed by atoms with Gasteiger partial charge in [0.05, 0.1) is 0 Å². The van der Waals surface area contributed by atoms with Crippen molar-refractivity contribution in [3.8, 4) is 0 Å². The van der Waals surface area contributed by atoms with Crippen LogP contribution >= 0.6 is 8.58 Å². The summed E-state index contributed by atoms with van der Waals surface area (Å²) in [6, 6.07) is 0. The first-order valence-corrected chi connectivity index (χ1v) is 7.35. The largest absolute Gasteiger partial charge is 0.112 e. The van der Waals surface area contributed by atoms with Crippen molar-refractivity contribution in [2.24, 2.45) is 0 Å². The van der Waals surface area contributed by atoms with E-state index in [1.165, 1.54) is 59.9 Å². The van der Waals surface area contributed by atoms with E-state index in [1.807, 2.05) is 0 Å². The maximum atomic E-state index is 2.46. The van der Waals surface area contributed by atoms with Gasteiger partial charge in [0.25, 0.3) is 0 Å². The molecule has 0 saturated carbocycles. The summed E-state index contributed by atoms with van der Waals surface area (Å²) in [6.07, 6.45) is 16.6. The summed E-state index contributed by atoms with van der Waals surface area (Å²) in [5, 5.41) is 0.771. The van der Waals surface area contributed by atoms with Crippen LogP contribution in [0, 0.1) is 0 Å². The van der Waals surface area contributed by atoms with Crippen LogP contribution in [0.25, 0.3) is 0 Å². The SMILES string of the molecule is CCC=CCC12CCCC(CCC1)P2. The van der Waals surface area contributed by atoms with Gasteiger partial charge in [0.1, 0.15) is 0 Å². The molecule has 2 aliphatic heterocycles. The lowest BCUT2D eigenvalue weighted by Crippen LogP contribution is -2.33. The van der Waals surface area contributed by atoms with Crippen LogP contribution in [0.2, 0.25) is 0 Å². The highest BCUT2D eigenvalue weighted by Gasteiger charge is 2.37. The van der Waals surface area contributed by atoms with E-state index >= 15 is 0 Å². The monoisotopic (exact) mass is 210 g/mol. The Hall–Kier alpha value is 0.170. The summed E-state index contributed by atoms with van der Waals surface area (Å²) in [6.45, 7) is 2.24. The van der Waals surface area contributed by atoms with Crippen LogP contribution in [0.1, 0.15) is 58.3 Å². The van der Waals surface area contributed by atoms with Crippen LogP contribution in [0.4, 0.5) is 0 Å². The third-order valence-corrected chi connectivity index (χ3v) is 6.14. The molecule has 2 saturated heterocycles. The minimum Gasteiger partial charge on any atom is -0.112 e. The van der Waals surface area contributed by atoms with Gasteiger partial charge in [-0.1, -0.05) is 31.9 Å². The normalized spacial score (nSPS) is 39.4. The molecule has 0 spiro atoms. The fraction of sp³-hybridized carbons (Fsp3) is 0.846. The van der Waals surface area contributed by atoms with E-state index in [-0.39, 0.29) is 0 Å². The summed E-state index contributed by atoms with van der Waals surface area (Å²) in [4.78, 5) is 0. The van der Waals surface area contributed by atoms with E-state index in [4.69, 9.17) is 0 Å². The Morgan fingerprint density at radius 1 is 1.21 bits per heavy atom. The molecule has 2 bridgehead atoms. The number of rotatable bonds is 3. The van der Waals surface area contributed by atoms with Crippen molar-refractivity contribution in [2.45, 2.75) is 69.1 Å². The van der Waals surface area contributed by atoms with Crippen LogP contribution in [0.15, 0.2) is 12.2 Å². The van der Waals surface area contributed by atoms with Crippen molar-refractivity contribution in [3.63, 3.8) is 0 Å². The van der Waals surface area contributed by atoms with Crippen molar-refractivity contribution in [2.75, 3.05) is 0 Å². The molecule has 0 aromatic heterocycles. The smallest absolute Gasteiger partial charge is 0.00850 e. The highest BCUT2D eigenvalue weighted by atomic mass is 31.1. The van der Waals surface area contributed by atoms with Crippen molar-refractivity contribution >= 4 is 8.58 Å². The molecule has 2 heterocycles. The molecule has 0 radical (unpaired) electrons. The zero-order chi connectivity index (χ0) is 9.86. The second kappa shape index (κ2) is 4.79. The Kier molecular flexibility index (Phi) is 3.66. The van der Waals surface area contributed by atoms with Crippen LogP contribution in [0.3, 0.4) is 0 Å². The molecular formula is C13H23P. The van der Waals surface area contributed by atoms with Gasteiger partial charge in [0.2, 0.25) is 0 Å². The lowest BCUT2D eigenvalue weighted by molar-refractivity contribution is 0.382. The molecule has 2 aliphatic rings. The van der Waals surface area contributed by atoms with Crippen LogP contribution in [0.5, 0.6) is 0 Å². The number of fused-ring (bicyclic) bond motifs is 2.